The SMILES string of the molecule is CCOC(=O)/C=C(\CCC(C)C)NC(=O)[C@H](C)NC(=O)[C@@H](NC(=O)c1ccccc1)C(C)C. The summed E-state index contributed by atoms with van der Waals surface area (Å²) in [7, 11) is 0. The number of allylic oxidation sites excluding steroid dienone is 1. The molecule has 0 bridgehead atoms. The molecule has 3 N–H and O–H groups in total. The van der Waals surface area contributed by atoms with E-state index in [9.17, 15) is 19.2 Å². The maximum Gasteiger partial charge on any atom is 0.332 e. The third-order valence-electron chi connectivity index (χ3n) is 4.88. The lowest BCUT2D eigenvalue weighted by Gasteiger charge is -2.24. The molecule has 0 spiro atoms. The van der Waals surface area contributed by atoms with Crippen molar-refractivity contribution in [1.82, 2.24) is 16.0 Å². The summed E-state index contributed by atoms with van der Waals surface area (Å²) in [5.41, 5.74) is 0.881. The minimum atomic E-state index is -0.878. The van der Waals surface area contributed by atoms with Gasteiger partial charge in [0.05, 0.1) is 6.61 Å². The van der Waals surface area contributed by atoms with Gasteiger partial charge < -0.3 is 20.7 Å². The molecule has 0 radical (unpaired) electrons. The lowest BCUT2D eigenvalue weighted by atomic mass is 10.0. The van der Waals surface area contributed by atoms with E-state index in [1.807, 2.05) is 27.7 Å². The van der Waals surface area contributed by atoms with Crippen LogP contribution < -0.4 is 16.0 Å². The molecular formula is C25H37N3O5. The molecule has 182 valence electrons. The lowest BCUT2D eigenvalue weighted by Crippen LogP contribution is -2.54. The maximum absolute atomic E-state index is 12.8. The molecule has 0 aliphatic carbocycles. The standard InChI is InChI=1S/C25H37N3O5/c1-7-33-21(29)15-20(14-13-16(2)3)27-23(30)18(6)26-25(32)22(17(4)5)28-24(31)19-11-9-8-10-12-19/h8-12,15-18,22H,7,13-14H2,1-6H3,(H,26,32)(H,27,30)(H,28,31)/b20-15+/t18-,22-/m0/s1. The van der Waals surface area contributed by atoms with Crippen LogP contribution in [0.15, 0.2) is 42.1 Å². The first kappa shape index (κ1) is 27.9. The second kappa shape index (κ2) is 14.1. The van der Waals surface area contributed by atoms with E-state index < -0.39 is 29.9 Å². The molecule has 0 fully saturated rings. The second-order valence-electron chi connectivity index (χ2n) is 8.63. The molecule has 0 saturated heterocycles. The van der Waals surface area contributed by atoms with Crippen molar-refractivity contribution in [1.29, 1.82) is 0 Å². The number of amides is 3. The van der Waals surface area contributed by atoms with Gasteiger partial charge in [-0.2, -0.15) is 0 Å². The van der Waals surface area contributed by atoms with Gasteiger partial charge in [0.1, 0.15) is 12.1 Å². The van der Waals surface area contributed by atoms with Gasteiger partial charge >= 0.3 is 5.97 Å². The van der Waals surface area contributed by atoms with E-state index in [1.54, 1.807) is 44.2 Å². The Morgan fingerprint density at radius 2 is 1.58 bits per heavy atom. The van der Waals surface area contributed by atoms with Gasteiger partial charge in [-0.15, -0.1) is 0 Å². The third kappa shape index (κ3) is 10.3. The monoisotopic (exact) mass is 459 g/mol. The number of ether oxygens (including phenoxy) is 1. The Hall–Kier alpha value is -3.16. The number of esters is 1. The van der Waals surface area contributed by atoms with E-state index in [2.05, 4.69) is 16.0 Å². The highest BCUT2D eigenvalue weighted by atomic mass is 16.5. The zero-order chi connectivity index (χ0) is 25.0. The fourth-order valence-corrected chi connectivity index (χ4v) is 2.93. The number of carbonyl (C=O) groups excluding carboxylic acids is 4. The number of hydrogen-bond acceptors (Lipinski definition) is 5. The molecule has 0 heterocycles. The molecule has 8 heteroatoms. The van der Waals surface area contributed by atoms with Crippen LogP contribution in [0.2, 0.25) is 0 Å². The molecular weight excluding hydrogens is 422 g/mol. The van der Waals surface area contributed by atoms with E-state index in [4.69, 9.17) is 4.74 Å². The minimum absolute atomic E-state index is 0.196. The molecule has 3 amide bonds. The van der Waals surface area contributed by atoms with Crippen LogP contribution in [-0.2, 0) is 19.1 Å². The highest BCUT2D eigenvalue weighted by Gasteiger charge is 2.27. The zero-order valence-corrected chi connectivity index (χ0v) is 20.4. The quantitative estimate of drug-likeness (QED) is 0.329. The molecule has 0 aromatic heterocycles. The van der Waals surface area contributed by atoms with Crippen molar-refractivity contribution in [3.63, 3.8) is 0 Å². The van der Waals surface area contributed by atoms with Gasteiger partial charge in [-0.1, -0.05) is 45.9 Å². The van der Waals surface area contributed by atoms with E-state index >= 15 is 0 Å². The summed E-state index contributed by atoms with van der Waals surface area (Å²) in [4.78, 5) is 49.9. The Bertz CT molecular complexity index is 834. The van der Waals surface area contributed by atoms with Gasteiger partial charge in [0.2, 0.25) is 11.8 Å². The molecule has 2 atom stereocenters. The molecule has 33 heavy (non-hydrogen) atoms. The highest BCUT2D eigenvalue weighted by molar-refractivity contribution is 5.98. The van der Waals surface area contributed by atoms with Crippen molar-refractivity contribution >= 4 is 23.7 Å². The van der Waals surface area contributed by atoms with Crippen LogP contribution in [0.3, 0.4) is 0 Å². The van der Waals surface area contributed by atoms with Crippen LogP contribution in [0.5, 0.6) is 0 Å². The first-order valence-electron chi connectivity index (χ1n) is 11.4. The number of benzene rings is 1. The summed E-state index contributed by atoms with van der Waals surface area (Å²) >= 11 is 0. The van der Waals surface area contributed by atoms with Crippen molar-refractivity contribution < 1.29 is 23.9 Å². The fourth-order valence-electron chi connectivity index (χ4n) is 2.93. The molecule has 1 aromatic carbocycles. The molecule has 8 nitrogen and oxygen atoms in total. The molecule has 0 aliphatic heterocycles. The van der Waals surface area contributed by atoms with Gasteiger partial charge in [0.15, 0.2) is 0 Å². The maximum atomic E-state index is 12.8. The predicted octanol–water partition coefficient (Wildman–Crippen LogP) is 2.95. The smallest absolute Gasteiger partial charge is 0.332 e. The Kier molecular flexibility index (Phi) is 11.9. The molecule has 0 aliphatic rings. The first-order valence-corrected chi connectivity index (χ1v) is 11.4. The van der Waals surface area contributed by atoms with Gasteiger partial charge in [-0.05, 0) is 50.7 Å². The number of nitrogens with one attached hydrogen (secondary N) is 3. The van der Waals surface area contributed by atoms with Crippen LogP contribution in [0.4, 0.5) is 0 Å². The highest BCUT2D eigenvalue weighted by Crippen LogP contribution is 2.11. The van der Waals surface area contributed by atoms with Gasteiger partial charge in [0, 0.05) is 17.3 Å². The van der Waals surface area contributed by atoms with Crippen molar-refractivity contribution in [2.45, 2.75) is 66.5 Å². The Morgan fingerprint density at radius 3 is 2.12 bits per heavy atom. The topological polar surface area (TPSA) is 114 Å². The number of hydrogen-bond donors (Lipinski definition) is 3. The average molecular weight is 460 g/mol. The summed E-state index contributed by atoms with van der Waals surface area (Å²) < 4.78 is 4.94. The van der Waals surface area contributed by atoms with Gasteiger partial charge in [-0.25, -0.2) is 4.79 Å². The summed E-state index contributed by atoms with van der Waals surface area (Å²) in [6.45, 7) is 11.2. The summed E-state index contributed by atoms with van der Waals surface area (Å²) in [6, 6.07) is 6.92. The van der Waals surface area contributed by atoms with Gasteiger partial charge in [0.25, 0.3) is 5.91 Å². The first-order chi connectivity index (χ1) is 15.5. The Labute approximate surface area is 196 Å². The fraction of sp³-hybridized carbons (Fsp3) is 0.520. The Morgan fingerprint density at radius 1 is 0.939 bits per heavy atom. The summed E-state index contributed by atoms with van der Waals surface area (Å²) in [6.07, 6.45) is 2.53. The summed E-state index contributed by atoms with van der Waals surface area (Å²) in [5.74, 6) is -1.64. The molecule has 0 unspecified atom stereocenters. The van der Waals surface area contributed by atoms with Crippen molar-refractivity contribution in [2.24, 2.45) is 11.8 Å². The van der Waals surface area contributed by atoms with Crippen LogP contribution in [0, 0.1) is 11.8 Å². The van der Waals surface area contributed by atoms with Gasteiger partial charge in [-0.3, -0.25) is 14.4 Å². The number of rotatable bonds is 12. The largest absolute Gasteiger partial charge is 0.463 e. The number of carbonyl (C=O) groups is 4. The van der Waals surface area contributed by atoms with Crippen LogP contribution in [0.25, 0.3) is 0 Å². The normalized spacial score (nSPS) is 13.3. The van der Waals surface area contributed by atoms with E-state index in [0.717, 1.165) is 6.42 Å². The van der Waals surface area contributed by atoms with Crippen molar-refractivity contribution in [2.75, 3.05) is 6.61 Å². The molecule has 1 aromatic rings. The van der Waals surface area contributed by atoms with E-state index in [0.29, 0.717) is 23.6 Å². The third-order valence-corrected chi connectivity index (χ3v) is 4.88. The predicted molar refractivity (Wildman–Crippen MR) is 127 cm³/mol. The minimum Gasteiger partial charge on any atom is -0.463 e. The van der Waals surface area contributed by atoms with E-state index in [-0.39, 0.29) is 18.4 Å². The van der Waals surface area contributed by atoms with Crippen molar-refractivity contribution in [3.05, 3.63) is 47.7 Å². The molecule has 1 rings (SSSR count). The van der Waals surface area contributed by atoms with Crippen LogP contribution in [-0.4, -0.2) is 42.4 Å². The summed E-state index contributed by atoms with van der Waals surface area (Å²) in [5, 5.41) is 8.11. The van der Waals surface area contributed by atoms with Crippen molar-refractivity contribution in [3.8, 4) is 0 Å². The van der Waals surface area contributed by atoms with Crippen LogP contribution in [0.1, 0.15) is 64.7 Å². The lowest BCUT2D eigenvalue weighted by molar-refractivity contribution is -0.137. The second-order valence-corrected chi connectivity index (χ2v) is 8.63. The average Bonchev–Trinajstić information content (AvgIpc) is 2.75. The molecule has 0 saturated carbocycles. The van der Waals surface area contributed by atoms with Crippen LogP contribution >= 0.6 is 0 Å². The van der Waals surface area contributed by atoms with E-state index in [1.165, 1.54) is 6.08 Å². The Balaban J connectivity index is 2.81. The zero-order valence-electron chi connectivity index (χ0n) is 20.4.